The van der Waals surface area contributed by atoms with Crippen LogP contribution in [0.15, 0.2) is 67.0 Å². The van der Waals surface area contributed by atoms with Gasteiger partial charge in [0.2, 0.25) is 0 Å². The van der Waals surface area contributed by atoms with Crippen LogP contribution in [0.3, 0.4) is 0 Å². The Hall–Kier alpha value is -3.62. The molecular formula is C26H20F2N2O. The molecule has 0 radical (unpaired) electrons. The maximum absolute atomic E-state index is 13.5. The highest BCUT2D eigenvalue weighted by atomic mass is 19.2. The normalized spacial score (nSPS) is 10.7. The van der Waals surface area contributed by atoms with Crippen LogP contribution in [0, 0.1) is 23.5 Å². The second-order valence-electron chi connectivity index (χ2n) is 7.22. The van der Waals surface area contributed by atoms with Gasteiger partial charge in [-0.05, 0) is 59.2 Å². The van der Waals surface area contributed by atoms with Crippen LogP contribution in [0.1, 0.15) is 28.1 Å². The molecule has 3 aromatic carbocycles. The van der Waals surface area contributed by atoms with E-state index in [1.165, 1.54) is 17.7 Å². The summed E-state index contributed by atoms with van der Waals surface area (Å²) in [6.07, 6.45) is 5.18. The van der Waals surface area contributed by atoms with E-state index < -0.39 is 11.6 Å². The Morgan fingerprint density at radius 3 is 2.10 bits per heavy atom. The zero-order valence-corrected chi connectivity index (χ0v) is 17.0. The average Bonchev–Trinajstić information content (AvgIpc) is 2.79. The molecule has 0 unspecified atom stereocenters. The molecule has 5 heteroatoms. The van der Waals surface area contributed by atoms with Crippen molar-refractivity contribution in [3.63, 3.8) is 0 Å². The minimum atomic E-state index is -0.857. The SMILES string of the molecule is COCc1cnc(CCc2ccc(C#Cc3ccc4cc(F)c(F)cc4c3)cc2)nc1. The van der Waals surface area contributed by atoms with Gasteiger partial charge in [0.1, 0.15) is 5.82 Å². The van der Waals surface area contributed by atoms with Gasteiger partial charge in [-0.15, -0.1) is 0 Å². The highest BCUT2D eigenvalue weighted by Gasteiger charge is 2.04. The molecule has 4 aromatic rings. The fourth-order valence-electron chi connectivity index (χ4n) is 3.23. The van der Waals surface area contributed by atoms with Gasteiger partial charge in [-0.3, -0.25) is 0 Å². The number of methoxy groups -OCH3 is 1. The Bertz CT molecular complexity index is 1260. The van der Waals surface area contributed by atoms with Crippen LogP contribution < -0.4 is 0 Å². The van der Waals surface area contributed by atoms with Crippen molar-refractivity contribution in [3.8, 4) is 11.8 Å². The second-order valence-corrected chi connectivity index (χ2v) is 7.22. The van der Waals surface area contributed by atoms with Crippen LogP contribution in [0.4, 0.5) is 8.78 Å². The van der Waals surface area contributed by atoms with E-state index in [0.29, 0.717) is 17.4 Å². The highest BCUT2D eigenvalue weighted by molar-refractivity contribution is 5.84. The minimum absolute atomic E-state index is 0.511. The van der Waals surface area contributed by atoms with Crippen molar-refractivity contribution in [2.45, 2.75) is 19.4 Å². The predicted molar refractivity (Wildman–Crippen MR) is 116 cm³/mol. The second kappa shape index (κ2) is 9.46. The molecule has 0 aliphatic heterocycles. The van der Waals surface area contributed by atoms with Crippen molar-refractivity contribution in [3.05, 3.63) is 107 Å². The lowest BCUT2D eigenvalue weighted by Crippen LogP contribution is -2.00. The number of aromatic nitrogens is 2. The van der Waals surface area contributed by atoms with Gasteiger partial charge in [0.15, 0.2) is 11.6 Å². The van der Waals surface area contributed by atoms with Crippen LogP contribution in [-0.2, 0) is 24.2 Å². The number of hydrogen-bond donors (Lipinski definition) is 0. The Labute approximate surface area is 179 Å². The topological polar surface area (TPSA) is 35.0 Å². The largest absolute Gasteiger partial charge is 0.380 e. The zero-order chi connectivity index (χ0) is 21.6. The molecule has 0 spiro atoms. The van der Waals surface area contributed by atoms with Crippen molar-refractivity contribution in [2.75, 3.05) is 7.11 Å². The zero-order valence-electron chi connectivity index (χ0n) is 17.0. The molecule has 154 valence electrons. The van der Waals surface area contributed by atoms with E-state index in [4.69, 9.17) is 4.74 Å². The van der Waals surface area contributed by atoms with E-state index in [1.807, 2.05) is 24.3 Å². The predicted octanol–water partition coefficient (Wildman–Crippen LogP) is 5.24. The standard InChI is InChI=1S/C26H20F2N2O/c1-31-17-21-15-29-26(30-16-21)11-9-19-4-2-18(3-5-19)6-7-20-8-10-22-13-24(27)25(28)14-23(22)12-20/h2-5,8,10,12-16H,9,11,17H2,1H3. The van der Waals surface area contributed by atoms with Gasteiger partial charge in [0, 0.05) is 42.6 Å². The first-order valence-corrected chi connectivity index (χ1v) is 9.89. The molecule has 0 atom stereocenters. The highest BCUT2D eigenvalue weighted by Crippen LogP contribution is 2.19. The lowest BCUT2D eigenvalue weighted by molar-refractivity contribution is 0.184. The summed E-state index contributed by atoms with van der Waals surface area (Å²) in [5.41, 5.74) is 3.77. The number of rotatable bonds is 5. The van der Waals surface area contributed by atoms with Crippen molar-refractivity contribution in [2.24, 2.45) is 0 Å². The summed E-state index contributed by atoms with van der Waals surface area (Å²) in [5.74, 6) is 5.30. The Kier molecular flexibility index (Phi) is 6.30. The molecule has 0 amide bonds. The summed E-state index contributed by atoms with van der Waals surface area (Å²) in [6, 6.07) is 15.7. The van der Waals surface area contributed by atoms with Crippen LogP contribution in [0.25, 0.3) is 10.8 Å². The number of benzene rings is 3. The summed E-state index contributed by atoms with van der Waals surface area (Å²) < 4.78 is 31.9. The monoisotopic (exact) mass is 414 g/mol. The lowest BCUT2D eigenvalue weighted by Gasteiger charge is -2.03. The van der Waals surface area contributed by atoms with Gasteiger partial charge in [0.25, 0.3) is 0 Å². The molecule has 1 heterocycles. The van der Waals surface area contributed by atoms with E-state index in [0.717, 1.165) is 35.4 Å². The van der Waals surface area contributed by atoms with Crippen LogP contribution in [0.2, 0.25) is 0 Å². The number of nitrogens with zero attached hydrogens (tertiary/aromatic N) is 2. The summed E-state index contributed by atoms with van der Waals surface area (Å²) in [6.45, 7) is 0.511. The number of halogens is 2. The first kappa shape index (κ1) is 20.6. The number of ether oxygens (including phenoxy) is 1. The van der Waals surface area contributed by atoms with Crippen molar-refractivity contribution in [1.82, 2.24) is 9.97 Å². The Balaban J connectivity index is 1.40. The molecular weight excluding hydrogens is 394 g/mol. The lowest BCUT2D eigenvalue weighted by atomic mass is 10.1. The third-order valence-corrected chi connectivity index (χ3v) is 4.89. The molecule has 0 N–H and O–H groups in total. The molecule has 1 aromatic heterocycles. The summed E-state index contributed by atoms with van der Waals surface area (Å²) >= 11 is 0. The smallest absolute Gasteiger partial charge is 0.159 e. The van der Waals surface area contributed by atoms with E-state index in [-0.39, 0.29) is 0 Å². The van der Waals surface area contributed by atoms with E-state index in [2.05, 4.69) is 21.8 Å². The van der Waals surface area contributed by atoms with Gasteiger partial charge in [-0.1, -0.05) is 30.0 Å². The first-order valence-electron chi connectivity index (χ1n) is 9.89. The quantitative estimate of drug-likeness (QED) is 0.419. The van der Waals surface area contributed by atoms with Crippen LogP contribution >= 0.6 is 0 Å². The van der Waals surface area contributed by atoms with Gasteiger partial charge >= 0.3 is 0 Å². The van der Waals surface area contributed by atoms with Crippen LogP contribution in [0.5, 0.6) is 0 Å². The van der Waals surface area contributed by atoms with Gasteiger partial charge in [-0.2, -0.15) is 0 Å². The fourth-order valence-corrected chi connectivity index (χ4v) is 3.23. The maximum Gasteiger partial charge on any atom is 0.159 e. The molecule has 0 fully saturated rings. The average molecular weight is 414 g/mol. The summed E-state index contributed by atoms with van der Waals surface area (Å²) in [4.78, 5) is 8.73. The Morgan fingerprint density at radius 2 is 1.39 bits per heavy atom. The minimum Gasteiger partial charge on any atom is -0.380 e. The molecule has 4 rings (SSSR count). The van der Waals surface area contributed by atoms with E-state index in [1.54, 1.807) is 37.7 Å². The van der Waals surface area contributed by atoms with E-state index >= 15 is 0 Å². The molecule has 0 saturated carbocycles. The van der Waals surface area contributed by atoms with Gasteiger partial charge in [-0.25, -0.2) is 18.7 Å². The third-order valence-electron chi connectivity index (χ3n) is 4.89. The number of fused-ring (bicyclic) bond motifs is 1. The summed E-state index contributed by atoms with van der Waals surface area (Å²) in [5, 5.41) is 1.27. The fraction of sp³-hybridized carbons (Fsp3) is 0.154. The molecule has 0 aliphatic rings. The van der Waals surface area contributed by atoms with Gasteiger partial charge < -0.3 is 4.74 Å². The van der Waals surface area contributed by atoms with E-state index in [9.17, 15) is 8.78 Å². The molecule has 0 aliphatic carbocycles. The third kappa shape index (κ3) is 5.30. The van der Waals surface area contributed by atoms with Crippen molar-refractivity contribution >= 4 is 10.8 Å². The first-order chi connectivity index (χ1) is 15.1. The maximum atomic E-state index is 13.5. The van der Waals surface area contributed by atoms with Crippen molar-refractivity contribution < 1.29 is 13.5 Å². The molecule has 3 nitrogen and oxygen atoms in total. The number of aryl methyl sites for hydroxylation is 2. The van der Waals surface area contributed by atoms with Crippen LogP contribution in [-0.4, -0.2) is 17.1 Å². The summed E-state index contributed by atoms with van der Waals surface area (Å²) in [7, 11) is 1.65. The molecule has 31 heavy (non-hydrogen) atoms. The number of hydrogen-bond acceptors (Lipinski definition) is 3. The molecule has 0 saturated heterocycles. The Morgan fingerprint density at radius 1 is 0.742 bits per heavy atom. The van der Waals surface area contributed by atoms with Crippen molar-refractivity contribution in [1.29, 1.82) is 0 Å². The van der Waals surface area contributed by atoms with Gasteiger partial charge in [0.05, 0.1) is 6.61 Å². The molecule has 0 bridgehead atoms.